The summed E-state index contributed by atoms with van der Waals surface area (Å²) in [6.45, 7) is 7.64. The van der Waals surface area contributed by atoms with Crippen molar-refractivity contribution in [1.82, 2.24) is 0 Å². The quantitative estimate of drug-likeness (QED) is 0.438. The molecular formula is C29H31FN2O2. The van der Waals surface area contributed by atoms with Crippen LogP contribution in [0.2, 0.25) is 0 Å². The lowest BCUT2D eigenvalue weighted by Crippen LogP contribution is -2.37. The number of hydrogen-bond donors (Lipinski definition) is 1. The first-order chi connectivity index (χ1) is 16.4. The Balaban J connectivity index is 1.48. The maximum atomic E-state index is 13.2. The standard InChI is InChI=1S/C29H31FN2O2/c1-4-25-26(29(34)31-24-13-8-19(2)20(3)18-24)6-5-7-27(25)32-16-14-22(15-17-32)28(33)21-9-11-23(30)12-10-21/h5-13,18,22H,4,14-17H2,1-3H3,(H,31,34). The second-order valence-corrected chi connectivity index (χ2v) is 9.04. The third-order valence-corrected chi connectivity index (χ3v) is 6.85. The number of carbonyl (C=O) groups is 2. The number of aryl methyl sites for hydroxylation is 2. The van der Waals surface area contributed by atoms with Gasteiger partial charge in [-0.2, -0.15) is 0 Å². The molecule has 5 heteroatoms. The van der Waals surface area contributed by atoms with Gasteiger partial charge in [0.2, 0.25) is 0 Å². The molecule has 0 atom stereocenters. The van der Waals surface area contributed by atoms with Crippen LogP contribution in [0.4, 0.5) is 15.8 Å². The van der Waals surface area contributed by atoms with Crippen LogP contribution in [-0.4, -0.2) is 24.8 Å². The van der Waals surface area contributed by atoms with Gasteiger partial charge >= 0.3 is 0 Å². The van der Waals surface area contributed by atoms with Crippen LogP contribution in [0.3, 0.4) is 0 Å². The lowest BCUT2D eigenvalue weighted by Gasteiger charge is -2.34. The number of ketones is 1. The third kappa shape index (κ3) is 5.04. The third-order valence-electron chi connectivity index (χ3n) is 6.85. The average Bonchev–Trinajstić information content (AvgIpc) is 2.86. The van der Waals surface area contributed by atoms with Gasteiger partial charge in [0.1, 0.15) is 5.82 Å². The van der Waals surface area contributed by atoms with Gasteiger partial charge in [-0.15, -0.1) is 0 Å². The number of carbonyl (C=O) groups excluding carboxylic acids is 2. The fraction of sp³-hybridized carbons (Fsp3) is 0.310. The molecule has 1 aliphatic heterocycles. The number of amides is 1. The van der Waals surface area contributed by atoms with Crippen LogP contribution in [0.1, 0.15) is 57.2 Å². The number of halogens is 1. The summed E-state index contributed by atoms with van der Waals surface area (Å²) in [5, 5.41) is 3.05. The van der Waals surface area contributed by atoms with Crippen molar-refractivity contribution in [3.8, 4) is 0 Å². The maximum Gasteiger partial charge on any atom is 0.256 e. The van der Waals surface area contributed by atoms with Gasteiger partial charge in [0.25, 0.3) is 5.91 Å². The number of nitrogens with zero attached hydrogens (tertiary/aromatic N) is 1. The van der Waals surface area contributed by atoms with Crippen LogP contribution in [0.15, 0.2) is 60.7 Å². The van der Waals surface area contributed by atoms with Crippen LogP contribution in [0.5, 0.6) is 0 Å². The smallest absolute Gasteiger partial charge is 0.256 e. The molecule has 3 aromatic rings. The Labute approximate surface area is 200 Å². The summed E-state index contributed by atoms with van der Waals surface area (Å²) in [6, 6.07) is 17.6. The first kappa shape index (κ1) is 23.7. The van der Waals surface area contributed by atoms with E-state index in [1.807, 2.05) is 37.3 Å². The van der Waals surface area contributed by atoms with Crippen LogP contribution in [0.25, 0.3) is 0 Å². The Morgan fingerprint density at radius 2 is 1.68 bits per heavy atom. The molecule has 0 radical (unpaired) electrons. The summed E-state index contributed by atoms with van der Waals surface area (Å²) < 4.78 is 13.2. The van der Waals surface area contributed by atoms with Crippen molar-refractivity contribution in [2.75, 3.05) is 23.3 Å². The molecule has 1 fully saturated rings. The van der Waals surface area contributed by atoms with E-state index in [0.717, 1.165) is 54.9 Å². The molecule has 1 amide bonds. The van der Waals surface area contributed by atoms with E-state index in [-0.39, 0.29) is 23.4 Å². The van der Waals surface area contributed by atoms with Gasteiger partial charge < -0.3 is 10.2 Å². The first-order valence-electron chi connectivity index (χ1n) is 11.9. The van der Waals surface area contributed by atoms with Gasteiger partial charge in [-0.25, -0.2) is 4.39 Å². The van der Waals surface area contributed by atoms with Crippen molar-refractivity contribution in [1.29, 1.82) is 0 Å². The fourth-order valence-corrected chi connectivity index (χ4v) is 4.71. The predicted octanol–water partition coefficient (Wildman–Crippen LogP) is 6.36. The van der Waals surface area contributed by atoms with E-state index in [4.69, 9.17) is 0 Å². The summed E-state index contributed by atoms with van der Waals surface area (Å²) in [6.07, 6.45) is 2.21. The van der Waals surface area contributed by atoms with Crippen molar-refractivity contribution in [3.05, 3.63) is 94.3 Å². The zero-order valence-corrected chi connectivity index (χ0v) is 20.0. The molecule has 1 N–H and O–H groups in total. The largest absolute Gasteiger partial charge is 0.371 e. The van der Waals surface area contributed by atoms with E-state index in [1.165, 1.54) is 17.7 Å². The molecule has 3 aromatic carbocycles. The van der Waals surface area contributed by atoms with E-state index in [2.05, 4.69) is 30.1 Å². The summed E-state index contributed by atoms with van der Waals surface area (Å²) in [5.41, 5.74) is 6.45. The summed E-state index contributed by atoms with van der Waals surface area (Å²) in [4.78, 5) is 28.3. The number of rotatable bonds is 6. The molecule has 0 bridgehead atoms. The fourth-order valence-electron chi connectivity index (χ4n) is 4.71. The highest BCUT2D eigenvalue weighted by atomic mass is 19.1. The topological polar surface area (TPSA) is 49.4 Å². The Morgan fingerprint density at radius 3 is 2.32 bits per heavy atom. The number of nitrogens with one attached hydrogen (secondary N) is 1. The molecule has 4 rings (SSSR count). The minimum absolute atomic E-state index is 0.0666. The van der Waals surface area contributed by atoms with Gasteiger partial charge in [-0.1, -0.05) is 19.1 Å². The zero-order chi connectivity index (χ0) is 24.2. The molecule has 1 saturated heterocycles. The van der Waals surface area contributed by atoms with Crippen molar-refractivity contribution < 1.29 is 14.0 Å². The van der Waals surface area contributed by atoms with Crippen LogP contribution >= 0.6 is 0 Å². The molecule has 4 nitrogen and oxygen atoms in total. The number of piperidine rings is 1. The summed E-state index contributed by atoms with van der Waals surface area (Å²) in [7, 11) is 0. The van der Waals surface area contributed by atoms with Crippen molar-refractivity contribution in [3.63, 3.8) is 0 Å². The molecule has 176 valence electrons. The van der Waals surface area contributed by atoms with Crippen molar-refractivity contribution in [2.45, 2.75) is 40.0 Å². The van der Waals surface area contributed by atoms with Crippen LogP contribution in [-0.2, 0) is 6.42 Å². The van der Waals surface area contributed by atoms with E-state index in [1.54, 1.807) is 12.1 Å². The average molecular weight is 459 g/mol. The van der Waals surface area contributed by atoms with E-state index < -0.39 is 0 Å². The molecule has 1 aliphatic rings. The van der Waals surface area contributed by atoms with E-state index in [9.17, 15) is 14.0 Å². The number of hydrogen-bond acceptors (Lipinski definition) is 3. The van der Waals surface area contributed by atoms with Gasteiger partial charge in [-0.05, 0) is 98.3 Å². The maximum absolute atomic E-state index is 13.2. The highest BCUT2D eigenvalue weighted by molar-refractivity contribution is 6.06. The van der Waals surface area contributed by atoms with Crippen LogP contribution < -0.4 is 10.2 Å². The second kappa shape index (κ2) is 10.2. The second-order valence-electron chi connectivity index (χ2n) is 9.04. The Kier molecular flexibility index (Phi) is 7.11. The molecule has 34 heavy (non-hydrogen) atoms. The SMILES string of the molecule is CCc1c(C(=O)Nc2ccc(C)c(C)c2)cccc1N1CCC(C(=O)c2ccc(F)cc2)CC1. The van der Waals surface area contributed by atoms with Gasteiger partial charge in [0, 0.05) is 41.5 Å². The molecule has 0 aromatic heterocycles. The molecule has 0 aliphatic carbocycles. The number of Topliss-reactive ketones (excluding diaryl/α,β-unsaturated/α-hetero) is 1. The Morgan fingerprint density at radius 1 is 0.971 bits per heavy atom. The van der Waals surface area contributed by atoms with Crippen LogP contribution in [0, 0.1) is 25.6 Å². The van der Waals surface area contributed by atoms with Gasteiger partial charge in [0.15, 0.2) is 5.78 Å². The normalized spacial score (nSPS) is 14.2. The Hall–Kier alpha value is -3.47. The van der Waals surface area contributed by atoms with Crippen molar-refractivity contribution in [2.24, 2.45) is 5.92 Å². The molecule has 1 heterocycles. The van der Waals surface area contributed by atoms with E-state index in [0.29, 0.717) is 11.1 Å². The van der Waals surface area contributed by atoms with Crippen molar-refractivity contribution >= 4 is 23.1 Å². The number of anilines is 2. The molecule has 0 saturated carbocycles. The lowest BCUT2D eigenvalue weighted by atomic mass is 9.88. The highest BCUT2D eigenvalue weighted by Gasteiger charge is 2.27. The summed E-state index contributed by atoms with van der Waals surface area (Å²) in [5.74, 6) is -0.428. The lowest BCUT2D eigenvalue weighted by molar-refractivity contribution is 0.0900. The molecular weight excluding hydrogens is 427 g/mol. The number of benzene rings is 3. The molecule has 0 spiro atoms. The minimum atomic E-state index is -0.333. The highest BCUT2D eigenvalue weighted by Crippen LogP contribution is 2.31. The summed E-state index contributed by atoms with van der Waals surface area (Å²) >= 11 is 0. The monoisotopic (exact) mass is 458 g/mol. The van der Waals surface area contributed by atoms with E-state index >= 15 is 0 Å². The van der Waals surface area contributed by atoms with Gasteiger partial charge in [-0.3, -0.25) is 9.59 Å². The Bertz CT molecular complexity index is 1200. The minimum Gasteiger partial charge on any atom is -0.371 e. The molecule has 0 unspecified atom stereocenters. The predicted molar refractivity (Wildman–Crippen MR) is 135 cm³/mol. The zero-order valence-electron chi connectivity index (χ0n) is 20.0. The first-order valence-corrected chi connectivity index (χ1v) is 11.9. The van der Waals surface area contributed by atoms with Gasteiger partial charge in [0.05, 0.1) is 0 Å².